The molecule has 0 spiro atoms. The van der Waals surface area contributed by atoms with Crippen molar-refractivity contribution in [3.8, 4) is 16.9 Å². The second-order valence-electron chi connectivity index (χ2n) is 2.46. The van der Waals surface area contributed by atoms with Crippen LogP contribution in [0.15, 0.2) is 35.8 Å². The van der Waals surface area contributed by atoms with Crippen LogP contribution in [0.25, 0.3) is 11.1 Å². The topological polar surface area (TPSA) is 33.1 Å². The van der Waals surface area contributed by atoms with Gasteiger partial charge in [0.05, 0.1) is 0 Å². The molecule has 0 aliphatic rings. The Balaban J connectivity index is 2.43. The molecule has 0 bridgehead atoms. The van der Waals surface area contributed by atoms with Crippen LogP contribution in [0.4, 0.5) is 0 Å². The standard InChI is InChI=1S/C9H7NOS/c11-9-3-1-7(2-4-9)8-5-10-12-6-8/h1-6,11H. The van der Waals surface area contributed by atoms with E-state index in [4.69, 9.17) is 5.11 Å². The summed E-state index contributed by atoms with van der Waals surface area (Å²) in [5.41, 5.74) is 2.18. The van der Waals surface area contributed by atoms with E-state index in [0.717, 1.165) is 11.1 Å². The van der Waals surface area contributed by atoms with E-state index in [1.165, 1.54) is 11.5 Å². The average molecular weight is 177 g/mol. The first kappa shape index (κ1) is 7.31. The second-order valence-corrected chi connectivity index (χ2v) is 3.12. The van der Waals surface area contributed by atoms with Crippen LogP contribution in [0.3, 0.4) is 0 Å². The fraction of sp³-hybridized carbons (Fsp3) is 0. The Bertz CT molecular complexity index is 353. The summed E-state index contributed by atoms with van der Waals surface area (Å²) in [5.74, 6) is 0.293. The Morgan fingerprint density at radius 3 is 2.42 bits per heavy atom. The fourth-order valence-electron chi connectivity index (χ4n) is 1.00. The molecule has 1 N–H and O–H groups in total. The lowest BCUT2D eigenvalue weighted by Gasteiger charge is -1.95. The minimum absolute atomic E-state index is 0.293. The van der Waals surface area contributed by atoms with Gasteiger partial charge in [0.25, 0.3) is 0 Å². The lowest BCUT2D eigenvalue weighted by molar-refractivity contribution is 0.475. The van der Waals surface area contributed by atoms with Crippen molar-refractivity contribution in [2.45, 2.75) is 0 Å². The van der Waals surface area contributed by atoms with Gasteiger partial charge in [0, 0.05) is 17.1 Å². The zero-order valence-corrected chi connectivity index (χ0v) is 7.08. The highest BCUT2D eigenvalue weighted by atomic mass is 32.1. The van der Waals surface area contributed by atoms with Crippen LogP contribution in [0.2, 0.25) is 0 Å². The molecule has 0 radical (unpaired) electrons. The first-order chi connectivity index (χ1) is 5.86. The third-order valence-electron chi connectivity index (χ3n) is 1.63. The van der Waals surface area contributed by atoms with Crippen molar-refractivity contribution < 1.29 is 5.11 Å². The maximum atomic E-state index is 9.04. The number of phenolic OH excluding ortho intramolecular Hbond substituents is 1. The zero-order valence-electron chi connectivity index (χ0n) is 6.27. The highest BCUT2D eigenvalue weighted by Gasteiger charge is 1.97. The highest BCUT2D eigenvalue weighted by Crippen LogP contribution is 2.22. The van der Waals surface area contributed by atoms with Crippen molar-refractivity contribution in [3.63, 3.8) is 0 Å². The van der Waals surface area contributed by atoms with E-state index in [-0.39, 0.29) is 0 Å². The molecular formula is C9H7NOS. The first-order valence-corrected chi connectivity index (χ1v) is 4.39. The molecule has 0 amide bonds. The van der Waals surface area contributed by atoms with Gasteiger partial charge >= 0.3 is 0 Å². The molecule has 12 heavy (non-hydrogen) atoms. The Morgan fingerprint density at radius 1 is 1.08 bits per heavy atom. The summed E-state index contributed by atoms with van der Waals surface area (Å²) < 4.78 is 4.00. The summed E-state index contributed by atoms with van der Waals surface area (Å²) in [7, 11) is 0. The molecule has 0 unspecified atom stereocenters. The number of aromatic hydroxyl groups is 1. The predicted molar refractivity (Wildman–Crippen MR) is 49.2 cm³/mol. The van der Waals surface area contributed by atoms with Gasteiger partial charge < -0.3 is 5.11 Å². The molecule has 1 aromatic carbocycles. The molecule has 3 heteroatoms. The van der Waals surface area contributed by atoms with Gasteiger partial charge in [0.15, 0.2) is 0 Å². The number of benzene rings is 1. The van der Waals surface area contributed by atoms with Gasteiger partial charge in [-0.15, -0.1) is 0 Å². The summed E-state index contributed by atoms with van der Waals surface area (Å²) in [6.07, 6.45) is 1.82. The molecule has 0 atom stereocenters. The van der Waals surface area contributed by atoms with Gasteiger partial charge in [0.1, 0.15) is 5.75 Å². The first-order valence-electron chi connectivity index (χ1n) is 3.55. The van der Waals surface area contributed by atoms with Gasteiger partial charge in [-0.2, -0.15) is 0 Å². The lowest BCUT2D eigenvalue weighted by Crippen LogP contribution is -1.71. The van der Waals surface area contributed by atoms with Crippen molar-refractivity contribution in [2.24, 2.45) is 0 Å². The summed E-state index contributed by atoms with van der Waals surface area (Å²) in [6.45, 7) is 0. The van der Waals surface area contributed by atoms with Gasteiger partial charge in [-0.05, 0) is 29.2 Å². The number of aromatic nitrogens is 1. The number of hydrogen-bond acceptors (Lipinski definition) is 3. The van der Waals surface area contributed by atoms with E-state index in [2.05, 4.69) is 4.37 Å². The van der Waals surface area contributed by atoms with Crippen molar-refractivity contribution in [1.82, 2.24) is 4.37 Å². The zero-order chi connectivity index (χ0) is 8.39. The Kier molecular flexibility index (Phi) is 1.80. The minimum atomic E-state index is 0.293. The van der Waals surface area contributed by atoms with E-state index in [9.17, 15) is 0 Å². The van der Waals surface area contributed by atoms with Gasteiger partial charge in [-0.1, -0.05) is 12.1 Å². The quantitative estimate of drug-likeness (QED) is 0.726. The van der Waals surface area contributed by atoms with Crippen LogP contribution in [0.5, 0.6) is 5.75 Å². The Hall–Kier alpha value is -1.35. The van der Waals surface area contributed by atoms with Gasteiger partial charge in [0.2, 0.25) is 0 Å². The number of hydrogen-bond donors (Lipinski definition) is 1. The molecule has 1 heterocycles. The van der Waals surface area contributed by atoms with Gasteiger partial charge in [-0.3, -0.25) is 0 Å². The minimum Gasteiger partial charge on any atom is -0.508 e. The van der Waals surface area contributed by atoms with E-state index in [1.54, 1.807) is 12.1 Å². The molecule has 1 aromatic heterocycles. The third-order valence-corrected chi connectivity index (χ3v) is 2.22. The second kappa shape index (κ2) is 2.95. The summed E-state index contributed by atoms with van der Waals surface area (Å²) >= 11 is 1.43. The number of rotatable bonds is 1. The molecule has 0 aliphatic carbocycles. The molecule has 0 saturated heterocycles. The maximum absolute atomic E-state index is 9.04. The average Bonchev–Trinajstić information content (AvgIpc) is 2.58. The summed E-state index contributed by atoms with van der Waals surface area (Å²) in [6, 6.07) is 7.10. The molecular weight excluding hydrogens is 170 g/mol. The molecule has 0 aliphatic heterocycles. The van der Waals surface area contributed by atoms with Crippen LogP contribution in [0, 0.1) is 0 Å². The highest BCUT2D eigenvalue weighted by molar-refractivity contribution is 7.03. The molecule has 2 aromatic rings. The van der Waals surface area contributed by atoms with E-state index < -0.39 is 0 Å². The summed E-state index contributed by atoms with van der Waals surface area (Å²) in [4.78, 5) is 0. The van der Waals surface area contributed by atoms with Crippen LogP contribution in [0.1, 0.15) is 0 Å². The number of nitrogens with zero attached hydrogens (tertiary/aromatic N) is 1. The molecule has 2 nitrogen and oxygen atoms in total. The van der Waals surface area contributed by atoms with Crippen molar-refractivity contribution in [1.29, 1.82) is 0 Å². The Labute approximate surface area is 74.3 Å². The predicted octanol–water partition coefficient (Wildman–Crippen LogP) is 2.52. The van der Waals surface area contributed by atoms with Crippen molar-refractivity contribution in [3.05, 3.63) is 35.8 Å². The van der Waals surface area contributed by atoms with E-state index >= 15 is 0 Å². The SMILES string of the molecule is Oc1ccc(-c2cnsc2)cc1. The summed E-state index contributed by atoms with van der Waals surface area (Å²) in [5, 5.41) is 11.0. The van der Waals surface area contributed by atoms with Crippen LogP contribution in [-0.2, 0) is 0 Å². The van der Waals surface area contributed by atoms with Crippen LogP contribution in [-0.4, -0.2) is 9.48 Å². The fourth-order valence-corrected chi connectivity index (χ4v) is 1.55. The van der Waals surface area contributed by atoms with E-state index in [0.29, 0.717) is 5.75 Å². The molecule has 0 saturated carbocycles. The van der Waals surface area contributed by atoms with Crippen molar-refractivity contribution in [2.75, 3.05) is 0 Å². The maximum Gasteiger partial charge on any atom is 0.115 e. The Morgan fingerprint density at radius 2 is 1.83 bits per heavy atom. The third kappa shape index (κ3) is 1.31. The van der Waals surface area contributed by atoms with Crippen molar-refractivity contribution >= 4 is 11.5 Å². The normalized spacial score (nSPS) is 10.0. The van der Waals surface area contributed by atoms with Gasteiger partial charge in [-0.25, -0.2) is 4.37 Å². The van der Waals surface area contributed by atoms with Crippen LogP contribution >= 0.6 is 11.5 Å². The molecule has 0 fully saturated rings. The number of phenols is 1. The lowest BCUT2D eigenvalue weighted by atomic mass is 10.1. The van der Waals surface area contributed by atoms with E-state index in [1.807, 2.05) is 23.7 Å². The molecule has 2 rings (SSSR count). The smallest absolute Gasteiger partial charge is 0.115 e. The molecule has 60 valence electrons. The monoisotopic (exact) mass is 177 g/mol. The largest absolute Gasteiger partial charge is 0.508 e. The van der Waals surface area contributed by atoms with Crippen LogP contribution < -0.4 is 0 Å².